The zero-order valence-electron chi connectivity index (χ0n) is 22.9. The molecule has 1 saturated heterocycles. The number of rotatable bonds is 5. The molecule has 2 unspecified atom stereocenters. The van der Waals surface area contributed by atoms with Crippen LogP contribution in [-0.2, 0) is 36.3 Å². The number of alkyl halides is 7. The van der Waals surface area contributed by atoms with Crippen molar-refractivity contribution in [1.82, 2.24) is 4.90 Å². The molecular weight excluding hydrogens is 626 g/mol. The minimum atomic E-state index is -6.37. The van der Waals surface area contributed by atoms with E-state index in [1.54, 1.807) is 0 Å². The van der Waals surface area contributed by atoms with E-state index >= 15 is 0 Å². The Morgan fingerprint density at radius 3 is 1.95 bits per heavy atom. The minimum absolute atomic E-state index is 0.0657. The smallest absolute Gasteiger partial charge is 0.435 e. The number of aliphatic carboxylic acids is 1. The third-order valence-electron chi connectivity index (χ3n) is 9.37. The number of carbonyl (C=O) groups is 2. The minimum Gasteiger partial charge on any atom is -0.481 e. The Kier molecular flexibility index (Phi) is 7.82. The van der Waals surface area contributed by atoms with E-state index in [1.165, 1.54) is 4.90 Å². The number of aryl methyl sites for hydroxylation is 1. The summed E-state index contributed by atoms with van der Waals surface area (Å²) in [6, 6.07) is 5.17. The largest absolute Gasteiger partial charge is 0.481 e. The fourth-order valence-corrected chi connectivity index (χ4v) is 9.41. The molecular formula is C29H27F8NO5S. The number of carboxylic acids is 1. The Morgan fingerprint density at radius 2 is 1.41 bits per heavy atom. The Labute approximate surface area is 247 Å². The second-order valence-electron chi connectivity index (χ2n) is 11.7. The lowest BCUT2D eigenvalue weighted by molar-refractivity contribution is -0.348. The molecule has 1 heterocycles. The summed E-state index contributed by atoms with van der Waals surface area (Å²) >= 11 is 0. The van der Waals surface area contributed by atoms with E-state index < -0.39 is 80.2 Å². The van der Waals surface area contributed by atoms with Crippen LogP contribution < -0.4 is 0 Å². The monoisotopic (exact) mass is 653 g/mol. The predicted octanol–water partition coefficient (Wildman–Crippen LogP) is 6.08. The van der Waals surface area contributed by atoms with Gasteiger partial charge in [-0.05, 0) is 73.9 Å². The van der Waals surface area contributed by atoms with Gasteiger partial charge in [-0.1, -0.05) is 18.2 Å². The lowest BCUT2D eigenvalue weighted by atomic mass is 9.75. The molecule has 2 aromatic carbocycles. The zero-order chi connectivity index (χ0) is 32.5. The number of hydrogen-bond donors (Lipinski definition) is 1. The molecule has 0 radical (unpaired) electrons. The van der Waals surface area contributed by atoms with Crippen LogP contribution in [0.4, 0.5) is 35.1 Å². The summed E-state index contributed by atoms with van der Waals surface area (Å²) in [7, 11) is -4.59. The van der Waals surface area contributed by atoms with Gasteiger partial charge >= 0.3 is 24.0 Å². The van der Waals surface area contributed by atoms with Gasteiger partial charge in [0.05, 0.1) is 10.8 Å². The van der Waals surface area contributed by atoms with Crippen LogP contribution >= 0.6 is 0 Å². The molecule has 0 bridgehead atoms. The molecule has 2 fully saturated rings. The number of carbonyl (C=O) groups excluding carboxylic acids is 1. The van der Waals surface area contributed by atoms with E-state index in [2.05, 4.69) is 0 Å². The molecule has 2 aliphatic carbocycles. The number of fused-ring (bicyclic) bond motifs is 3. The lowest BCUT2D eigenvalue weighted by Gasteiger charge is -2.40. The number of nitrogens with zero attached hydrogens (tertiary/aromatic N) is 1. The zero-order valence-corrected chi connectivity index (χ0v) is 23.7. The molecule has 240 valence electrons. The average molecular weight is 654 g/mol. The van der Waals surface area contributed by atoms with Crippen molar-refractivity contribution in [3.05, 3.63) is 65.0 Å². The van der Waals surface area contributed by atoms with Crippen molar-refractivity contribution in [2.75, 3.05) is 13.1 Å². The maximum atomic E-state index is 15.0. The molecule has 1 aliphatic heterocycles. The van der Waals surface area contributed by atoms with Gasteiger partial charge in [-0.2, -0.15) is 26.3 Å². The van der Waals surface area contributed by atoms with Gasteiger partial charge in [0.1, 0.15) is 10.6 Å². The quantitative estimate of drug-likeness (QED) is 0.312. The van der Waals surface area contributed by atoms with Crippen molar-refractivity contribution >= 4 is 21.7 Å². The molecule has 44 heavy (non-hydrogen) atoms. The number of amides is 1. The summed E-state index contributed by atoms with van der Waals surface area (Å²) in [5, 5.41) is 9.28. The number of carboxylic acid groups (broad SMARTS) is 1. The normalized spacial score (nSPS) is 26.2. The van der Waals surface area contributed by atoms with Crippen LogP contribution in [0.2, 0.25) is 0 Å². The van der Waals surface area contributed by atoms with Gasteiger partial charge in [0.25, 0.3) is 0 Å². The van der Waals surface area contributed by atoms with Crippen LogP contribution in [0.3, 0.4) is 0 Å². The van der Waals surface area contributed by atoms with Gasteiger partial charge in [0, 0.05) is 30.5 Å². The average Bonchev–Trinajstić information content (AvgIpc) is 3.37. The van der Waals surface area contributed by atoms with Crippen LogP contribution in [0.15, 0.2) is 47.4 Å². The van der Waals surface area contributed by atoms with Crippen LogP contribution in [0.25, 0.3) is 0 Å². The summed E-state index contributed by atoms with van der Waals surface area (Å²) in [4.78, 5) is 25.9. The van der Waals surface area contributed by atoms with Gasteiger partial charge < -0.3 is 10.0 Å². The molecule has 0 aromatic heterocycles. The van der Waals surface area contributed by atoms with Crippen LogP contribution in [0.1, 0.15) is 48.8 Å². The molecule has 1 amide bonds. The van der Waals surface area contributed by atoms with Gasteiger partial charge in [0.15, 0.2) is 9.84 Å². The van der Waals surface area contributed by atoms with Crippen molar-refractivity contribution in [3.8, 4) is 0 Å². The number of hydrogen-bond acceptors (Lipinski definition) is 4. The molecule has 1 saturated carbocycles. The topological polar surface area (TPSA) is 91.8 Å². The van der Waals surface area contributed by atoms with Crippen molar-refractivity contribution in [3.63, 3.8) is 0 Å². The van der Waals surface area contributed by atoms with Crippen molar-refractivity contribution in [2.45, 2.75) is 66.2 Å². The Hall–Kier alpha value is -3.23. The van der Waals surface area contributed by atoms with E-state index in [1.807, 2.05) is 0 Å². The van der Waals surface area contributed by atoms with Gasteiger partial charge in [-0.15, -0.1) is 0 Å². The summed E-state index contributed by atoms with van der Waals surface area (Å²) in [6.45, 7) is -0.599. The van der Waals surface area contributed by atoms with E-state index in [-0.39, 0.29) is 67.2 Å². The number of likely N-dealkylation sites (tertiary alicyclic amines) is 1. The predicted molar refractivity (Wildman–Crippen MR) is 138 cm³/mol. The Bertz CT molecular complexity index is 1550. The lowest BCUT2D eigenvalue weighted by Crippen LogP contribution is -2.51. The molecule has 3 aliphatic rings. The molecule has 6 nitrogen and oxygen atoms in total. The highest BCUT2D eigenvalue weighted by Crippen LogP contribution is 2.56. The van der Waals surface area contributed by atoms with Crippen molar-refractivity contribution in [1.29, 1.82) is 0 Å². The summed E-state index contributed by atoms with van der Waals surface area (Å²) < 4.78 is 137. The third kappa shape index (κ3) is 4.85. The van der Waals surface area contributed by atoms with Gasteiger partial charge in [-0.25, -0.2) is 17.2 Å². The van der Waals surface area contributed by atoms with Gasteiger partial charge in [0.2, 0.25) is 5.91 Å². The first-order valence-electron chi connectivity index (χ1n) is 13.8. The highest BCUT2D eigenvalue weighted by Gasteiger charge is 2.73. The van der Waals surface area contributed by atoms with Crippen molar-refractivity contribution in [2.24, 2.45) is 17.8 Å². The first-order chi connectivity index (χ1) is 20.3. The Balaban J connectivity index is 1.61. The first kappa shape index (κ1) is 32.2. The van der Waals surface area contributed by atoms with E-state index in [9.17, 15) is 58.2 Å². The van der Waals surface area contributed by atoms with Crippen molar-refractivity contribution < 1.29 is 58.2 Å². The maximum Gasteiger partial charge on any atom is 0.435 e. The van der Waals surface area contributed by atoms with Crippen LogP contribution in [0.5, 0.6) is 0 Å². The summed E-state index contributed by atoms with van der Waals surface area (Å²) in [6.07, 6.45) is -12.1. The van der Waals surface area contributed by atoms with Crippen LogP contribution in [0, 0.1) is 23.6 Å². The van der Waals surface area contributed by atoms with Crippen LogP contribution in [-0.4, -0.2) is 55.7 Å². The van der Waals surface area contributed by atoms with E-state index in [0.717, 1.165) is 30.3 Å². The SMILES string of the molecule is O=C(O)[C@H]1CC[C@H](C(=O)N2CC3CCc4cc(C(F)(C(F)(F)F)C(F)(F)F)ccc4C3(S(=O)(=O)c3ccc(F)cc3)C2)CC1. The van der Waals surface area contributed by atoms with E-state index in [0.29, 0.717) is 6.07 Å². The highest BCUT2D eigenvalue weighted by atomic mass is 32.2. The number of halogens is 8. The van der Waals surface area contributed by atoms with Gasteiger partial charge in [-0.3, -0.25) is 9.59 Å². The third-order valence-corrected chi connectivity index (χ3v) is 11.9. The highest BCUT2D eigenvalue weighted by molar-refractivity contribution is 7.92. The molecule has 1 N–H and O–H groups in total. The molecule has 15 heteroatoms. The molecule has 2 aromatic rings. The second-order valence-corrected chi connectivity index (χ2v) is 13.9. The number of benzene rings is 2. The van der Waals surface area contributed by atoms with E-state index in [4.69, 9.17) is 0 Å². The second kappa shape index (κ2) is 10.7. The standard InChI is InChI=1S/C29H27F8NO5S/c30-21-8-10-22(11-9-21)44(42,43)26-15-38(24(39)16-1-3-17(4-2-16)25(40)41)14-20(26)6-5-18-13-19(7-12-23(18)26)27(31,28(32,33)34)29(35,36)37/h7-13,16-17,20H,1-6,14-15H2,(H,40,41)/t16-,17-,20?,26?. The summed E-state index contributed by atoms with van der Waals surface area (Å²) in [5.74, 6) is -4.27. The molecule has 0 spiro atoms. The maximum absolute atomic E-state index is 15.0. The molecule has 2 atom stereocenters. The summed E-state index contributed by atoms with van der Waals surface area (Å²) in [5.41, 5.74) is -7.86. The first-order valence-corrected chi connectivity index (χ1v) is 15.3. The molecule has 5 rings (SSSR count). The number of sulfone groups is 1. The fraction of sp³-hybridized carbons (Fsp3) is 0.517. The Morgan fingerprint density at radius 1 is 0.841 bits per heavy atom. The fourth-order valence-electron chi connectivity index (χ4n) is 7.05.